The van der Waals surface area contributed by atoms with Crippen molar-refractivity contribution in [1.82, 2.24) is 4.90 Å². The highest BCUT2D eigenvalue weighted by atomic mass is 32.1. The molecule has 5 heteroatoms. The van der Waals surface area contributed by atoms with Crippen LogP contribution < -0.4 is 0 Å². The number of carbonyl (C=O) groups excluding carboxylic acids is 2. The number of ether oxygens (including phenoxy) is 1. The lowest BCUT2D eigenvalue weighted by molar-refractivity contribution is -0.127. The van der Waals surface area contributed by atoms with Crippen LogP contribution in [0.5, 0.6) is 0 Å². The fourth-order valence-electron chi connectivity index (χ4n) is 2.46. The Balaban J connectivity index is 1.65. The van der Waals surface area contributed by atoms with Crippen molar-refractivity contribution < 1.29 is 14.3 Å². The van der Waals surface area contributed by atoms with Gasteiger partial charge >= 0.3 is 5.97 Å². The summed E-state index contributed by atoms with van der Waals surface area (Å²) in [6.07, 6.45) is 5.56. The second-order valence-corrected chi connectivity index (χ2v) is 6.76. The fourth-order valence-corrected chi connectivity index (χ4v) is 3.16. The molecule has 1 saturated carbocycles. The van der Waals surface area contributed by atoms with E-state index in [4.69, 9.17) is 0 Å². The molecule has 24 heavy (non-hydrogen) atoms. The van der Waals surface area contributed by atoms with Gasteiger partial charge in [0.1, 0.15) is 0 Å². The summed E-state index contributed by atoms with van der Waals surface area (Å²) < 4.78 is 4.67. The number of benzene rings is 1. The van der Waals surface area contributed by atoms with Gasteiger partial charge in [-0.25, -0.2) is 4.79 Å². The van der Waals surface area contributed by atoms with E-state index in [-0.39, 0.29) is 11.9 Å². The molecule has 1 fully saturated rings. The number of hydrogen-bond acceptors (Lipinski definition) is 4. The van der Waals surface area contributed by atoms with Crippen LogP contribution in [0, 0.1) is 0 Å². The average Bonchev–Trinajstić information content (AvgIpc) is 3.33. The van der Waals surface area contributed by atoms with Gasteiger partial charge in [0, 0.05) is 17.0 Å². The zero-order chi connectivity index (χ0) is 16.9. The van der Waals surface area contributed by atoms with Gasteiger partial charge in [0.25, 0.3) is 0 Å². The highest BCUT2D eigenvalue weighted by Crippen LogP contribution is 2.29. The molecule has 1 heterocycles. The Morgan fingerprint density at radius 1 is 1.25 bits per heavy atom. The maximum atomic E-state index is 12.5. The van der Waals surface area contributed by atoms with Gasteiger partial charge in [-0.1, -0.05) is 18.2 Å². The van der Waals surface area contributed by atoms with E-state index in [9.17, 15) is 9.59 Å². The summed E-state index contributed by atoms with van der Waals surface area (Å²) in [6.45, 7) is 0.673. The van der Waals surface area contributed by atoms with Crippen molar-refractivity contribution in [2.45, 2.75) is 25.4 Å². The first-order chi connectivity index (χ1) is 11.7. The summed E-state index contributed by atoms with van der Waals surface area (Å²) in [5.74, 6) is -0.333. The summed E-state index contributed by atoms with van der Waals surface area (Å²) >= 11 is 1.67. The van der Waals surface area contributed by atoms with Gasteiger partial charge in [0.05, 0.1) is 19.2 Å². The van der Waals surface area contributed by atoms with Crippen LogP contribution in [0.4, 0.5) is 0 Å². The minimum absolute atomic E-state index is 0.0305. The molecule has 1 amide bonds. The number of methoxy groups -OCH3 is 1. The molecule has 0 N–H and O–H groups in total. The number of amides is 1. The molecule has 1 aliphatic carbocycles. The summed E-state index contributed by atoms with van der Waals surface area (Å²) in [5.41, 5.74) is 1.38. The molecule has 1 aromatic carbocycles. The van der Waals surface area contributed by atoms with Gasteiger partial charge in [0.15, 0.2) is 0 Å². The van der Waals surface area contributed by atoms with Crippen LogP contribution in [0.3, 0.4) is 0 Å². The summed E-state index contributed by atoms with van der Waals surface area (Å²) in [5, 5.41) is 2.03. The van der Waals surface area contributed by atoms with Gasteiger partial charge < -0.3 is 9.64 Å². The zero-order valence-electron chi connectivity index (χ0n) is 13.5. The Kier molecular flexibility index (Phi) is 5.11. The molecular weight excluding hydrogens is 322 g/mol. The number of thiophene rings is 1. The van der Waals surface area contributed by atoms with Crippen LogP contribution in [0.15, 0.2) is 47.9 Å². The fraction of sp³-hybridized carbons (Fsp3) is 0.263. The molecule has 3 rings (SSSR count). The van der Waals surface area contributed by atoms with Crippen LogP contribution >= 0.6 is 11.3 Å². The molecule has 0 spiro atoms. The summed E-state index contributed by atoms with van der Waals surface area (Å²) in [7, 11) is 1.36. The van der Waals surface area contributed by atoms with Crippen LogP contribution in [0.2, 0.25) is 0 Å². The lowest BCUT2D eigenvalue weighted by Gasteiger charge is -2.19. The predicted molar refractivity (Wildman–Crippen MR) is 94.7 cm³/mol. The lowest BCUT2D eigenvalue weighted by atomic mass is 10.1. The zero-order valence-corrected chi connectivity index (χ0v) is 14.3. The molecule has 0 atom stereocenters. The number of carbonyl (C=O) groups is 2. The van der Waals surface area contributed by atoms with Crippen LogP contribution in [0.1, 0.15) is 33.6 Å². The maximum absolute atomic E-state index is 12.5. The van der Waals surface area contributed by atoms with Crippen molar-refractivity contribution >= 4 is 29.3 Å². The van der Waals surface area contributed by atoms with E-state index in [1.54, 1.807) is 47.8 Å². The van der Waals surface area contributed by atoms with Gasteiger partial charge in [-0.05, 0) is 48.1 Å². The Morgan fingerprint density at radius 3 is 2.58 bits per heavy atom. The normalized spacial score (nSPS) is 13.9. The summed E-state index contributed by atoms with van der Waals surface area (Å²) in [6, 6.07) is 11.4. The van der Waals surface area contributed by atoms with E-state index < -0.39 is 0 Å². The van der Waals surface area contributed by atoms with E-state index >= 15 is 0 Å². The van der Waals surface area contributed by atoms with E-state index in [0.717, 1.165) is 18.4 Å². The van der Waals surface area contributed by atoms with E-state index in [2.05, 4.69) is 10.8 Å². The molecule has 0 aliphatic heterocycles. The monoisotopic (exact) mass is 341 g/mol. The third-order valence-electron chi connectivity index (χ3n) is 3.93. The molecule has 2 aromatic rings. The van der Waals surface area contributed by atoms with Gasteiger partial charge in [0.2, 0.25) is 5.91 Å². The van der Waals surface area contributed by atoms with Gasteiger partial charge in [-0.15, -0.1) is 11.3 Å². The Hall–Kier alpha value is -2.40. The second-order valence-electron chi connectivity index (χ2n) is 5.72. The minimum atomic E-state index is -0.363. The molecule has 0 bridgehead atoms. The quantitative estimate of drug-likeness (QED) is 0.594. The van der Waals surface area contributed by atoms with Gasteiger partial charge in [-0.2, -0.15) is 0 Å². The third-order valence-corrected chi connectivity index (χ3v) is 4.79. The van der Waals surface area contributed by atoms with Crippen LogP contribution in [-0.2, 0) is 16.1 Å². The van der Waals surface area contributed by atoms with Crippen molar-refractivity contribution in [2.24, 2.45) is 0 Å². The topological polar surface area (TPSA) is 46.6 Å². The number of esters is 1. The SMILES string of the molecule is COC(=O)c1ccc(/C=C/C(=O)N(Cc2cccs2)C2CC2)cc1. The smallest absolute Gasteiger partial charge is 0.337 e. The van der Waals surface area contributed by atoms with Crippen LogP contribution in [0.25, 0.3) is 6.08 Å². The Labute approximate surface area is 145 Å². The average molecular weight is 341 g/mol. The third kappa shape index (κ3) is 4.11. The first-order valence-corrected chi connectivity index (χ1v) is 8.75. The molecule has 0 unspecified atom stereocenters. The molecule has 0 radical (unpaired) electrons. The van der Waals surface area contributed by atoms with E-state index in [0.29, 0.717) is 18.2 Å². The van der Waals surface area contributed by atoms with Crippen molar-refractivity contribution in [1.29, 1.82) is 0 Å². The molecule has 0 saturated heterocycles. The van der Waals surface area contributed by atoms with Crippen molar-refractivity contribution in [3.05, 3.63) is 63.9 Å². The molecule has 1 aliphatic rings. The standard InChI is InChI=1S/C19H19NO3S/c1-23-19(22)15-7-4-14(5-8-15)6-11-18(21)20(16-9-10-16)13-17-3-2-12-24-17/h2-8,11-12,16H,9-10,13H2,1H3/b11-6+. The maximum Gasteiger partial charge on any atom is 0.337 e. The van der Waals surface area contributed by atoms with E-state index in [1.807, 2.05) is 16.3 Å². The Morgan fingerprint density at radius 2 is 2.00 bits per heavy atom. The van der Waals surface area contributed by atoms with Crippen molar-refractivity contribution in [3.63, 3.8) is 0 Å². The number of hydrogen-bond donors (Lipinski definition) is 0. The molecule has 124 valence electrons. The highest BCUT2D eigenvalue weighted by molar-refractivity contribution is 7.09. The largest absolute Gasteiger partial charge is 0.465 e. The first kappa shape index (κ1) is 16.5. The van der Waals surface area contributed by atoms with Crippen LogP contribution in [-0.4, -0.2) is 29.9 Å². The predicted octanol–water partition coefficient (Wildman–Crippen LogP) is 3.74. The van der Waals surface area contributed by atoms with Crippen molar-refractivity contribution in [2.75, 3.05) is 7.11 Å². The lowest BCUT2D eigenvalue weighted by Crippen LogP contribution is -2.30. The highest BCUT2D eigenvalue weighted by Gasteiger charge is 2.31. The van der Waals surface area contributed by atoms with E-state index in [1.165, 1.54) is 12.0 Å². The Bertz CT molecular complexity index is 730. The summed E-state index contributed by atoms with van der Waals surface area (Å²) in [4.78, 5) is 27.1. The van der Waals surface area contributed by atoms with Crippen molar-refractivity contribution in [3.8, 4) is 0 Å². The van der Waals surface area contributed by atoms with Gasteiger partial charge in [-0.3, -0.25) is 4.79 Å². The molecule has 1 aromatic heterocycles. The number of rotatable bonds is 6. The minimum Gasteiger partial charge on any atom is -0.465 e. The number of nitrogens with zero attached hydrogens (tertiary/aromatic N) is 1. The first-order valence-electron chi connectivity index (χ1n) is 7.87. The molecular formula is C19H19NO3S. The molecule has 4 nitrogen and oxygen atoms in total. The second kappa shape index (κ2) is 7.45.